The summed E-state index contributed by atoms with van der Waals surface area (Å²) in [4.78, 5) is 7.18. The van der Waals surface area contributed by atoms with Gasteiger partial charge in [0.25, 0.3) is 0 Å². The molecule has 23 heavy (non-hydrogen) atoms. The number of guanidine groups is 1. The normalized spacial score (nSPS) is 19.0. The number of halogens is 1. The molecule has 0 aromatic carbocycles. The summed E-state index contributed by atoms with van der Waals surface area (Å²) >= 11 is 0. The van der Waals surface area contributed by atoms with E-state index in [0.717, 1.165) is 44.4 Å². The number of aryl methyl sites for hydroxylation is 1. The van der Waals surface area contributed by atoms with E-state index >= 15 is 0 Å². The second-order valence-electron chi connectivity index (χ2n) is 7.06. The van der Waals surface area contributed by atoms with Crippen LogP contribution in [0.2, 0.25) is 0 Å². The highest BCUT2D eigenvalue weighted by molar-refractivity contribution is 14.0. The molecule has 1 aliphatic heterocycles. The number of nitrogens with zero attached hydrogens (tertiary/aromatic N) is 5. The van der Waals surface area contributed by atoms with Crippen LogP contribution in [0.25, 0.3) is 0 Å². The first kappa shape index (κ1) is 20.2. The summed E-state index contributed by atoms with van der Waals surface area (Å²) < 4.78 is 2.08. The van der Waals surface area contributed by atoms with E-state index < -0.39 is 0 Å². The fourth-order valence-electron chi connectivity index (χ4n) is 2.80. The van der Waals surface area contributed by atoms with Crippen LogP contribution in [0.5, 0.6) is 0 Å². The molecule has 0 saturated carbocycles. The van der Waals surface area contributed by atoms with Gasteiger partial charge in [-0.05, 0) is 20.8 Å². The molecule has 1 aromatic heterocycles. The third kappa shape index (κ3) is 3.97. The van der Waals surface area contributed by atoms with Crippen LogP contribution in [0.3, 0.4) is 0 Å². The van der Waals surface area contributed by atoms with Gasteiger partial charge in [-0.2, -0.15) is 0 Å². The monoisotopic (exact) mass is 434 g/mol. The third-order valence-electron chi connectivity index (χ3n) is 5.09. The minimum Gasteiger partial charge on any atom is -0.356 e. The first-order valence-corrected chi connectivity index (χ1v) is 8.26. The van der Waals surface area contributed by atoms with Gasteiger partial charge < -0.3 is 14.8 Å². The highest BCUT2D eigenvalue weighted by atomic mass is 127. The number of nitrogens with one attached hydrogen (secondary N) is 1. The lowest BCUT2D eigenvalue weighted by atomic mass is 9.65. The molecule has 1 aromatic rings. The molecule has 0 bridgehead atoms. The molecular formula is C16H31IN6. The van der Waals surface area contributed by atoms with Gasteiger partial charge in [0.15, 0.2) is 5.96 Å². The summed E-state index contributed by atoms with van der Waals surface area (Å²) in [5.74, 6) is 2.03. The quantitative estimate of drug-likeness (QED) is 0.440. The van der Waals surface area contributed by atoms with E-state index in [9.17, 15) is 0 Å². The lowest BCUT2D eigenvalue weighted by Crippen LogP contribution is -2.72. The third-order valence-corrected chi connectivity index (χ3v) is 5.09. The Kier molecular flexibility index (Phi) is 6.85. The van der Waals surface area contributed by atoms with Crippen molar-refractivity contribution in [1.29, 1.82) is 0 Å². The van der Waals surface area contributed by atoms with E-state index in [0.29, 0.717) is 5.41 Å². The van der Waals surface area contributed by atoms with E-state index in [1.165, 1.54) is 0 Å². The fraction of sp³-hybridized carbons (Fsp3) is 0.812. The van der Waals surface area contributed by atoms with Crippen LogP contribution in [-0.4, -0.2) is 50.8 Å². The topological polar surface area (TPSA) is 58.3 Å². The predicted octanol–water partition coefficient (Wildman–Crippen LogP) is 2.54. The fourth-order valence-corrected chi connectivity index (χ4v) is 2.80. The predicted molar refractivity (Wildman–Crippen MR) is 105 cm³/mol. The van der Waals surface area contributed by atoms with Crippen LogP contribution in [0.15, 0.2) is 11.3 Å². The summed E-state index contributed by atoms with van der Waals surface area (Å²) in [7, 11) is 0. The Bertz CT molecular complexity index is 534. The molecule has 2 rings (SSSR count). The summed E-state index contributed by atoms with van der Waals surface area (Å²) in [5.41, 5.74) is 0.436. The van der Waals surface area contributed by atoms with Crippen LogP contribution >= 0.6 is 24.0 Å². The first-order valence-electron chi connectivity index (χ1n) is 8.26. The number of aliphatic imine (C=N–C) groups is 1. The van der Waals surface area contributed by atoms with Crippen LogP contribution < -0.4 is 5.32 Å². The van der Waals surface area contributed by atoms with Crippen LogP contribution in [0.1, 0.15) is 47.4 Å². The van der Waals surface area contributed by atoms with E-state index in [1.54, 1.807) is 6.33 Å². The Morgan fingerprint density at radius 3 is 2.52 bits per heavy atom. The summed E-state index contributed by atoms with van der Waals surface area (Å²) in [5, 5.41) is 11.5. The highest BCUT2D eigenvalue weighted by Crippen LogP contribution is 2.46. The van der Waals surface area contributed by atoms with Crippen molar-refractivity contribution >= 4 is 29.9 Å². The minimum atomic E-state index is 0. The Balaban J connectivity index is 0.00000264. The smallest absolute Gasteiger partial charge is 0.194 e. The average Bonchev–Trinajstić information content (AvgIpc) is 2.91. The Hall–Kier alpha value is -0.860. The van der Waals surface area contributed by atoms with Crippen LogP contribution in [0.4, 0.5) is 0 Å². The molecule has 0 amide bonds. The lowest BCUT2D eigenvalue weighted by Gasteiger charge is -2.62. The van der Waals surface area contributed by atoms with Crippen molar-refractivity contribution in [1.82, 2.24) is 25.0 Å². The van der Waals surface area contributed by atoms with Crippen molar-refractivity contribution in [3.05, 3.63) is 12.2 Å². The molecular weight excluding hydrogens is 403 g/mol. The molecule has 6 nitrogen and oxygen atoms in total. The Labute approximate surface area is 157 Å². The second-order valence-corrected chi connectivity index (χ2v) is 7.06. The lowest BCUT2D eigenvalue weighted by molar-refractivity contribution is -0.0667. The zero-order valence-electron chi connectivity index (χ0n) is 15.3. The zero-order valence-corrected chi connectivity index (χ0v) is 17.6. The standard InChI is InChI=1S/C16H30N6.HI/c1-7-13-20-19-12-21(13)10-9-18-14(17-8-2)22-11-15(3,4)16(22,5)6;/h12H,7-11H2,1-6H3,(H,17,18);1H. The van der Waals surface area contributed by atoms with E-state index in [-0.39, 0.29) is 29.5 Å². The number of hydrogen-bond acceptors (Lipinski definition) is 3. The van der Waals surface area contributed by atoms with Gasteiger partial charge >= 0.3 is 0 Å². The van der Waals surface area contributed by atoms with Crippen molar-refractivity contribution < 1.29 is 0 Å². The molecule has 1 aliphatic rings. The van der Waals surface area contributed by atoms with Crippen molar-refractivity contribution in [2.24, 2.45) is 10.4 Å². The maximum absolute atomic E-state index is 4.80. The van der Waals surface area contributed by atoms with E-state index in [4.69, 9.17) is 4.99 Å². The molecule has 0 spiro atoms. The van der Waals surface area contributed by atoms with Crippen molar-refractivity contribution in [2.75, 3.05) is 19.6 Å². The van der Waals surface area contributed by atoms with Crippen molar-refractivity contribution in [2.45, 2.75) is 60.0 Å². The van der Waals surface area contributed by atoms with Gasteiger partial charge in [-0.3, -0.25) is 4.99 Å². The van der Waals surface area contributed by atoms with E-state index in [2.05, 4.69) is 66.5 Å². The van der Waals surface area contributed by atoms with Gasteiger partial charge in [-0.25, -0.2) is 0 Å². The van der Waals surface area contributed by atoms with Gasteiger partial charge in [0.2, 0.25) is 0 Å². The van der Waals surface area contributed by atoms with Gasteiger partial charge in [0, 0.05) is 37.0 Å². The number of aromatic nitrogens is 3. The number of rotatable bonds is 5. The van der Waals surface area contributed by atoms with Gasteiger partial charge in [-0.15, -0.1) is 34.2 Å². The number of likely N-dealkylation sites (tertiary alicyclic amines) is 1. The molecule has 0 unspecified atom stereocenters. The molecule has 1 saturated heterocycles. The molecule has 132 valence electrons. The van der Waals surface area contributed by atoms with Crippen LogP contribution in [-0.2, 0) is 13.0 Å². The summed E-state index contributed by atoms with van der Waals surface area (Å²) in [6, 6.07) is 0. The van der Waals surface area contributed by atoms with Crippen molar-refractivity contribution in [3.63, 3.8) is 0 Å². The molecule has 2 heterocycles. The zero-order chi connectivity index (χ0) is 16.4. The largest absolute Gasteiger partial charge is 0.356 e. The Morgan fingerprint density at radius 2 is 2.00 bits per heavy atom. The molecule has 0 aliphatic carbocycles. The molecule has 0 radical (unpaired) electrons. The van der Waals surface area contributed by atoms with Crippen LogP contribution in [0, 0.1) is 5.41 Å². The van der Waals surface area contributed by atoms with E-state index in [1.807, 2.05) is 0 Å². The number of hydrogen-bond donors (Lipinski definition) is 1. The molecule has 7 heteroatoms. The van der Waals surface area contributed by atoms with Gasteiger partial charge in [-0.1, -0.05) is 20.8 Å². The van der Waals surface area contributed by atoms with Gasteiger partial charge in [0.05, 0.1) is 6.54 Å². The molecule has 1 N–H and O–H groups in total. The Morgan fingerprint density at radius 1 is 1.30 bits per heavy atom. The summed E-state index contributed by atoms with van der Waals surface area (Å²) in [6.45, 7) is 16.9. The average molecular weight is 434 g/mol. The maximum Gasteiger partial charge on any atom is 0.194 e. The SMILES string of the molecule is CCNC(=NCCn1cnnc1CC)N1CC(C)(C)C1(C)C.I. The molecule has 0 atom stereocenters. The second kappa shape index (κ2) is 7.81. The summed E-state index contributed by atoms with van der Waals surface area (Å²) in [6.07, 6.45) is 2.69. The highest BCUT2D eigenvalue weighted by Gasteiger charge is 2.53. The van der Waals surface area contributed by atoms with Crippen molar-refractivity contribution in [3.8, 4) is 0 Å². The first-order chi connectivity index (χ1) is 10.3. The maximum atomic E-state index is 4.80. The minimum absolute atomic E-state index is 0. The molecule has 1 fully saturated rings. The van der Waals surface area contributed by atoms with Gasteiger partial charge in [0.1, 0.15) is 12.2 Å².